The van der Waals surface area contributed by atoms with Gasteiger partial charge in [0.25, 0.3) is 0 Å². The minimum Gasteiger partial charge on any atom is -0.391 e. The van der Waals surface area contributed by atoms with Crippen molar-refractivity contribution in [2.45, 2.75) is 64.0 Å². The average molecular weight is 275 g/mol. The monoisotopic (exact) mass is 275 g/mol. The van der Waals surface area contributed by atoms with Crippen LogP contribution in [0.3, 0.4) is 0 Å². The fourth-order valence-electron chi connectivity index (χ4n) is 2.76. The largest absolute Gasteiger partial charge is 0.391 e. The molecule has 0 aliphatic heterocycles. The number of carbonyl (C=O) groups excluding carboxylic acids is 1. The lowest BCUT2D eigenvalue weighted by molar-refractivity contribution is -0.123. The molecular formula is C17H25NO2. The van der Waals surface area contributed by atoms with Gasteiger partial charge in [-0.05, 0) is 36.8 Å². The van der Waals surface area contributed by atoms with Crippen molar-refractivity contribution in [2.24, 2.45) is 0 Å². The molecule has 1 fully saturated rings. The summed E-state index contributed by atoms with van der Waals surface area (Å²) in [6.45, 7) is 2.14. The molecule has 0 unspecified atom stereocenters. The number of carbonyl (C=O) groups is 1. The maximum atomic E-state index is 11.9. The van der Waals surface area contributed by atoms with E-state index in [-0.39, 0.29) is 18.1 Å². The molecule has 1 aromatic carbocycles. The summed E-state index contributed by atoms with van der Waals surface area (Å²) >= 11 is 0. The highest BCUT2D eigenvalue weighted by Crippen LogP contribution is 2.18. The number of nitrogens with one attached hydrogen (secondary N) is 1. The summed E-state index contributed by atoms with van der Waals surface area (Å²) < 4.78 is 0. The molecule has 0 spiro atoms. The van der Waals surface area contributed by atoms with Crippen molar-refractivity contribution in [3.8, 4) is 0 Å². The fraction of sp³-hybridized carbons (Fsp3) is 0.588. The van der Waals surface area contributed by atoms with Crippen LogP contribution in [0, 0.1) is 0 Å². The van der Waals surface area contributed by atoms with Gasteiger partial charge in [0.2, 0.25) is 5.91 Å². The molecule has 1 saturated carbocycles. The van der Waals surface area contributed by atoms with Gasteiger partial charge in [-0.2, -0.15) is 0 Å². The number of hydrogen-bond donors (Lipinski definition) is 2. The summed E-state index contributed by atoms with van der Waals surface area (Å²) in [4.78, 5) is 11.9. The second kappa shape index (κ2) is 7.44. The van der Waals surface area contributed by atoms with Crippen LogP contribution in [0.2, 0.25) is 0 Å². The summed E-state index contributed by atoms with van der Waals surface area (Å²) in [5, 5.41) is 12.8. The summed E-state index contributed by atoms with van der Waals surface area (Å²) in [5.41, 5.74) is 2.52. The van der Waals surface area contributed by atoms with E-state index in [1.165, 1.54) is 11.1 Å². The highest BCUT2D eigenvalue weighted by molar-refractivity contribution is 5.76. The van der Waals surface area contributed by atoms with Crippen LogP contribution in [0.5, 0.6) is 0 Å². The second-order valence-electron chi connectivity index (χ2n) is 5.70. The van der Waals surface area contributed by atoms with Crippen LogP contribution < -0.4 is 5.32 Å². The number of hydrogen-bond acceptors (Lipinski definition) is 2. The molecule has 2 rings (SSSR count). The zero-order valence-electron chi connectivity index (χ0n) is 12.3. The molecule has 0 radical (unpaired) electrons. The molecule has 3 heteroatoms. The van der Waals surface area contributed by atoms with E-state index in [0.29, 0.717) is 6.42 Å². The first-order valence-corrected chi connectivity index (χ1v) is 7.74. The van der Waals surface area contributed by atoms with Gasteiger partial charge >= 0.3 is 0 Å². The molecule has 0 aromatic heterocycles. The van der Waals surface area contributed by atoms with E-state index in [1.54, 1.807) is 0 Å². The standard InChI is InChI=1S/C17H25NO2/c1-2-13-7-9-14(10-8-13)11-12-17(20)18-15-5-3-4-6-16(15)19/h7-10,15-16,19H,2-6,11-12H2,1H3,(H,18,20)/t15-,16-/m1/s1. The minimum atomic E-state index is -0.364. The first-order chi connectivity index (χ1) is 9.69. The zero-order chi connectivity index (χ0) is 14.4. The number of aliphatic hydroxyl groups is 1. The number of amides is 1. The molecule has 110 valence electrons. The van der Waals surface area contributed by atoms with Crippen LogP contribution in [0.25, 0.3) is 0 Å². The van der Waals surface area contributed by atoms with Gasteiger partial charge in [-0.15, -0.1) is 0 Å². The summed E-state index contributed by atoms with van der Waals surface area (Å²) in [6, 6.07) is 8.40. The van der Waals surface area contributed by atoms with Gasteiger partial charge in [0.15, 0.2) is 0 Å². The average Bonchev–Trinajstić information content (AvgIpc) is 2.48. The van der Waals surface area contributed by atoms with Crippen LogP contribution in [-0.4, -0.2) is 23.2 Å². The molecular weight excluding hydrogens is 250 g/mol. The van der Waals surface area contributed by atoms with E-state index >= 15 is 0 Å². The number of benzene rings is 1. The van der Waals surface area contributed by atoms with Gasteiger partial charge in [-0.25, -0.2) is 0 Å². The maximum absolute atomic E-state index is 11.9. The quantitative estimate of drug-likeness (QED) is 0.868. The van der Waals surface area contributed by atoms with Crippen molar-refractivity contribution in [1.29, 1.82) is 0 Å². The third-order valence-corrected chi connectivity index (χ3v) is 4.15. The lowest BCUT2D eigenvalue weighted by Crippen LogP contribution is -2.45. The number of aliphatic hydroxyl groups excluding tert-OH is 1. The summed E-state index contributed by atoms with van der Waals surface area (Å²) in [7, 11) is 0. The van der Waals surface area contributed by atoms with E-state index in [9.17, 15) is 9.90 Å². The van der Waals surface area contributed by atoms with Crippen molar-refractivity contribution >= 4 is 5.91 Å². The van der Waals surface area contributed by atoms with Gasteiger partial charge in [0, 0.05) is 6.42 Å². The Balaban J connectivity index is 1.76. The Labute approximate surface area is 121 Å². The summed E-state index contributed by atoms with van der Waals surface area (Å²) in [6.07, 6.45) is 5.81. The van der Waals surface area contributed by atoms with E-state index in [4.69, 9.17) is 0 Å². The predicted octanol–water partition coefficient (Wildman–Crippen LogP) is 2.60. The lowest BCUT2D eigenvalue weighted by Gasteiger charge is -2.28. The molecule has 1 amide bonds. The van der Waals surface area contributed by atoms with Crippen LogP contribution in [0.4, 0.5) is 0 Å². The smallest absolute Gasteiger partial charge is 0.220 e. The number of aryl methyl sites for hydroxylation is 2. The molecule has 0 saturated heterocycles. The van der Waals surface area contributed by atoms with Crippen molar-refractivity contribution in [2.75, 3.05) is 0 Å². The fourth-order valence-corrected chi connectivity index (χ4v) is 2.76. The van der Waals surface area contributed by atoms with Crippen LogP contribution in [0.1, 0.15) is 50.2 Å². The third-order valence-electron chi connectivity index (χ3n) is 4.15. The normalized spacial score (nSPS) is 22.5. The molecule has 2 N–H and O–H groups in total. The Morgan fingerprint density at radius 3 is 2.50 bits per heavy atom. The maximum Gasteiger partial charge on any atom is 0.220 e. The van der Waals surface area contributed by atoms with Gasteiger partial charge in [-0.1, -0.05) is 44.0 Å². The lowest BCUT2D eigenvalue weighted by atomic mass is 9.92. The van der Waals surface area contributed by atoms with Crippen molar-refractivity contribution in [3.05, 3.63) is 35.4 Å². The minimum absolute atomic E-state index is 0.0429. The van der Waals surface area contributed by atoms with Crippen LogP contribution >= 0.6 is 0 Å². The molecule has 1 aliphatic carbocycles. The Kier molecular flexibility index (Phi) is 5.60. The molecule has 0 bridgehead atoms. The molecule has 3 nitrogen and oxygen atoms in total. The van der Waals surface area contributed by atoms with Crippen molar-refractivity contribution in [3.63, 3.8) is 0 Å². The van der Waals surface area contributed by atoms with Gasteiger partial charge in [0.1, 0.15) is 0 Å². The molecule has 2 atom stereocenters. The predicted molar refractivity (Wildman–Crippen MR) is 80.5 cm³/mol. The van der Waals surface area contributed by atoms with Crippen molar-refractivity contribution in [1.82, 2.24) is 5.32 Å². The Morgan fingerprint density at radius 1 is 1.20 bits per heavy atom. The summed E-state index contributed by atoms with van der Waals surface area (Å²) in [5.74, 6) is 0.0514. The SMILES string of the molecule is CCc1ccc(CCC(=O)N[C@@H]2CCCC[C@H]2O)cc1. The molecule has 20 heavy (non-hydrogen) atoms. The zero-order valence-corrected chi connectivity index (χ0v) is 12.3. The van der Waals surface area contributed by atoms with Gasteiger partial charge in [-0.3, -0.25) is 4.79 Å². The van der Waals surface area contributed by atoms with Crippen LogP contribution in [-0.2, 0) is 17.6 Å². The highest BCUT2D eigenvalue weighted by Gasteiger charge is 2.24. The van der Waals surface area contributed by atoms with Gasteiger partial charge < -0.3 is 10.4 Å². The van der Waals surface area contributed by atoms with E-state index < -0.39 is 0 Å². The number of rotatable bonds is 5. The second-order valence-corrected chi connectivity index (χ2v) is 5.70. The highest BCUT2D eigenvalue weighted by atomic mass is 16.3. The molecule has 0 heterocycles. The first-order valence-electron chi connectivity index (χ1n) is 7.74. The molecule has 1 aliphatic rings. The van der Waals surface area contributed by atoms with Crippen molar-refractivity contribution < 1.29 is 9.90 Å². The topological polar surface area (TPSA) is 49.3 Å². The van der Waals surface area contributed by atoms with Crippen LogP contribution in [0.15, 0.2) is 24.3 Å². The Morgan fingerprint density at radius 2 is 1.85 bits per heavy atom. The van der Waals surface area contributed by atoms with E-state index in [0.717, 1.165) is 38.5 Å². The first kappa shape index (κ1) is 15.0. The third kappa shape index (κ3) is 4.34. The molecule has 1 aromatic rings. The van der Waals surface area contributed by atoms with Gasteiger partial charge in [0.05, 0.1) is 12.1 Å². The van der Waals surface area contributed by atoms with E-state index in [1.807, 2.05) is 0 Å². The Hall–Kier alpha value is -1.35. The van der Waals surface area contributed by atoms with E-state index in [2.05, 4.69) is 36.5 Å². The Bertz CT molecular complexity index is 427.